The van der Waals surface area contributed by atoms with Crippen LogP contribution in [-0.4, -0.2) is 0 Å². The van der Waals surface area contributed by atoms with Gasteiger partial charge in [-0.25, -0.2) is 0 Å². The molecule has 0 nitrogen and oxygen atoms in total. The Balaban J connectivity index is 1.69. The van der Waals surface area contributed by atoms with Crippen LogP contribution in [0.4, 0.5) is 0 Å². The lowest BCUT2D eigenvalue weighted by Crippen LogP contribution is -2.28. The maximum absolute atomic E-state index is 2.46. The maximum atomic E-state index is 2.46. The summed E-state index contributed by atoms with van der Waals surface area (Å²) in [6.07, 6.45) is 6.21. The van der Waals surface area contributed by atoms with Crippen LogP contribution in [0.25, 0.3) is 0 Å². The smallest absolute Gasteiger partial charge is 0.0860 e. The van der Waals surface area contributed by atoms with Gasteiger partial charge in [0.1, 0.15) is 0 Å². The third kappa shape index (κ3) is 2.25. The number of fused-ring (bicyclic) bond motifs is 7. The van der Waals surface area contributed by atoms with Crippen LogP contribution in [0.1, 0.15) is 84.7 Å². The first kappa shape index (κ1) is 18.8. The van der Waals surface area contributed by atoms with Crippen LogP contribution in [0.3, 0.4) is 0 Å². The van der Waals surface area contributed by atoms with Gasteiger partial charge in [0.05, 0.1) is 9.49 Å². The molecule has 1 heteroatoms. The second-order valence-electron chi connectivity index (χ2n) is 9.32. The van der Waals surface area contributed by atoms with Gasteiger partial charge in [0.25, 0.3) is 0 Å². The monoisotopic (exact) mass is 410 g/mol. The van der Waals surface area contributed by atoms with Crippen LogP contribution in [0, 0.1) is 0 Å². The van der Waals surface area contributed by atoms with Crippen molar-refractivity contribution in [2.24, 2.45) is 0 Å². The predicted octanol–water partition coefficient (Wildman–Crippen LogP) is 7.91. The van der Waals surface area contributed by atoms with Gasteiger partial charge in [0.15, 0.2) is 0 Å². The van der Waals surface area contributed by atoms with Gasteiger partial charge in [-0.05, 0) is 77.3 Å². The lowest BCUT2D eigenvalue weighted by Gasteiger charge is -2.31. The van der Waals surface area contributed by atoms with E-state index in [1.54, 1.807) is 33.4 Å². The minimum atomic E-state index is 0.0635. The van der Waals surface area contributed by atoms with Crippen LogP contribution in [0.15, 0.2) is 72.8 Å². The van der Waals surface area contributed by atoms with Gasteiger partial charge in [0.2, 0.25) is 0 Å². The zero-order valence-corrected chi connectivity index (χ0v) is 18.8. The number of hydrogen-bond donors (Lipinski definition) is 0. The molecule has 0 amide bonds. The molecule has 1 heterocycles. The van der Waals surface area contributed by atoms with Crippen molar-refractivity contribution < 1.29 is 0 Å². The Kier molecular flexibility index (Phi) is 4.22. The van der Waals surface area contributed by atoms with Crippen molar-refractivity contribution in [3.8, 4) is 0 Å². The second kappa shape index (κ2) is 6.76. The Bertz CT molecular complexity index is 1060. The van der Waals surface area contributed by atoms with Gasteiger partial charge in [-0.2, -0.15) is 0 Å². The van der Waals surface area contributed by atoms with E-state index < -0.39 is 0 Å². The molecule has 1 saturated heterocycles. The molecule has 2 spiro atoms. The Morgan fingerprint density at radius 3 is 1.87 bits per heavy atom. The van der Waals surface area contributed by atoms with Crippen molar-refractivity contribution >= 4 is 11.8 Å². The molecule has 3 aliphatic rings. The molecular weight excluding hydrogens is 380 g/mol. The van der Waals surface area contributed by atoms with Crippen LogP contribution in [-0.2, 0) is 15.9 Å². The van der Waals surface area contributed by atoms with E-state index in [0.29, 0.717) is 11.8 Å². The Labute approximate surface area is 185 Å². The summed E-state index contributed by atoms with van der Waals surface area (Å²) in [6, 6.07) is 28.2. The minimum absolute atomic E-state index is 0.0635. The van der Waals surface area contributed by atoms with E-state index in [-0.39, 0.29) is 9.49 Å². The molecule has 30 heavy (non-hydrogen) atoms. The third-order valence-electron chi connectivity index (χ3n) is 8.13. The van der Waals surface area contributed by atoms with Gasteiger partial charge in [-0.15, -0.1) is 11.8 Å². The van der Waals surface area contributed by atoms with E-state index in [2.05, 4.69) is 98.4 Å². The van der Waals surface area contributed by atoms with Crippen LogP contribution in [0.2, 0.25) is 0 Å². The first-order valence-corrected chi connectivity index (χ1v) is 12.6. The number of thioether (sulfide) groups is 1. The molecule has 0 N–H and O–H groups in total. The highest BCUT2D eigenvalue weighted by atomic mass is 32.2. The SMILES string of the molecule is CC[C@H]1c2ccccc2C2(S[C@]23CCCc2ccccc23)c2ccccc2[C@@H]1CC. The zero-order chi connectivity index (χ0) is 20.3. The first-order valence-electron chi connectivity index (χ1n) is 11.7. The van der Waals surface area contributed by atoms with Crippen molar-refractivity contribution in [2.45, 2.75) is 67.3 Å². The van der Waals surface area contributed by atoms with E-state index in [0.717, 1.165) is 0 Å². The molecule has 0 unspecified atom stereocenters. The van der Waals surface area contributed by atoms with Crippen molar-refractivity contribution in [3.63, 3.8) is 0 Å². The maximum Gasteiger partial charge on any atom is 0.0860 e. The van der Waals surface area contributed by atoms with E-state index >= 15 is 0 Å². The van der Waals surface area contributed by atoms with Crippen molar-refractivity contribution in [1.29, 1.82) is 0 Å². The second-order valence-corrected chi connectivity index (χ2v) is 10.8. The van der Waals surface area contributed by atoms with E-state index in [1.165, 1.54) is 32.1 Å². The average Bonchev–Trinajstić information content (AvgIpc) is 3.48. The van der Waals surface area contributed by atoms with Crippen molar-refractivity contribution in [1.82, 2.24) is 0 Å². The summed E-state index contributed by atoms with van der Waals surface area (Å²) in [7, 11) is 0. The molecule has 1 fully saturated rings. The highest BCUT2D eigenvalue weighted by molar-refractivity contribution is 8.08. The fourth-order valence-electron chi connectivity index (χ4n) is 6.92. The standard InChI is InChI=1S/C29H30S/c1-3-21-22(4-2)24-15-7-10-18-27(24)29(26-17-9-6-14-23(21)26)28(30-29)19-11-13-20-12-5-8-16-25(20)28/h5-10,12,14-18,21-22H,3-4,11,13,19H2,1-2H3/t21-,22-,28+/m1/s1. The fraction of sp³-hybridized carbons (Fsp3) is 0.379. The van der Waals surface area contributed by atoms with E-state index in [1.807, 2.05) is 0 Å². The van der Waals surface area contributed by atoms with Gasteiger partial charge >= 0.3 is 0 Å². The first-order chi connectivity index (χ1) is 14.8. The van der Waals surface area contributed by atoms with Crippen molar-refractivity contribution in [2.75, 3.05) is 0 Å². The molecule has 0 radical (unpaired) electrons. The topological polar surface area (TPSA) is 0 Å². The fourth-order valence-corrected chi connectivity index (χ4v) is 8.97. The number of aryl methyl sites for hydroxylation is 1. The zero-order valence-electron chi connectivity index (χ0n) is 18.0. The van der Waals surface area contributed by atoms with Gasteiger partial charge < -0.3 is 0 Å². The third-order valence-corrected chi connectivity index (χ3v) is 10.1. The summed E-state index contributed by atoms with van der Waals surface area (Å²) in [5, 5.41) is 0. The van der Waals surface area contributed by atoms with E-state index in [4.69, 9.17) is 0 Å². The molecule has 3 aromatic carbocycles. The average molecular weight is 411 g/mol. The van der Waals surface area contributed by atoms with Gasteiger partial charge in [0, 0.05) is 0 Å². The normalized spacial score (nSPS) is 27.8. The lowest BCUT2D eigenvalue weighted by molar-refractivity contribution is 0.499. The highest BCUT2D eigenvalue weighted by Crippen LogP contribution is 2.83. The number of rotatable bonds is 2. The quantitative estimate of drug-likeness (QED) is 0.387. The molecule has 0 aromatic heterocycles. The molecule has 1 aliphatic heterocycles. The molecule has 0 bridgehead atoms. The molecular formula is C29H30S. The largest absolute Gasteiger partial charge is 0.130 e. The highest BCUT2D eigenvalue weighted by Gasteiger charge is 2.73. The summed E-state index contributed by atoms with van der Waals surface area (Å²) < 4.78 is 0.253. The van der Waals surface area contributed by atoms with Crippen molar-refractivity contribution in [3.05, 3.63) is 106 Å². The molecule has 6 rings (SSSR count). The van der Waals surface area contributed by atoms with Crippen LogP contribution in [0.5, 0.6) is 0 Å². The molecule has 3 aromatic rings. The summed E-state index contributed by atoms with van der Waals surface area (Å²) >= 11 is 2.25. The Morgan fingerprint density at radius 1 is 0.733 bits per heavy atom. The molecule has 2 aliphatic carbocycles. The van der Waals surface area contributed by atoms with Gasteiger partial charge in [-0.1, -0.05) is 86.6 Å². The molecule has 0 saturated carbocycles. The summed E-state index contributed by atoms with van der Waals surface area (Å²) in [6.45, 7) is 4.77. The Morgan fingerprint density at radius 2 is 1.27 bits per heavy atom. The summed E-state index contributed by atoms with van der Waals surface area (Å²) in [5.74, 6) is 1.20. The predicted molar refractivity (Wildman–Crippen MR) is 128 cm³/mol. The van der Waals surface area contributed by atoms with E-state index in [9.17, 15) is 0 Å². The molecule has 3 atom stereocenters. The summed E-state index contributed by atoms with van der Waals surface area (Å²) in [5.41, 5.74) is 9.59. The minimum Gasteiger partial charge on any atom is -0.130 e. The van der Waals surface area contributed by atoms with Crippen LogP contribution < -0.4 is 0 Å². The molecule has 152 valence electrons. The summed E-state index contributed by atoms with van der Waals surface area (Å²) in [4.78, 5) is 0. The van der Waals surface area contributed by atoms with Crippen LogP contribution >= 0.6 is 11.8 Å². The lowest BCUT2D eigenvalue weighted by atomic mass is 9.69. The number of benzene rings is 3. The van der Waals surface area contributed by atoms with Gasteiger partial charge in [-0.3, -0.25) is 0 Å². The Hall–Kier alpha value is -1.99. The number of hydrogen-bond acceptors (Lipinski definition) is 1.